The molecule has 8 heteroatoms. The highest BCUT2D eigenvalue weighted by molar-refractivity contribution is 7.11. The molecule has 0 amide bonds. The summed E-state index contributed by atoms with van der Waals surface area (Å²) in [5, 5.41) is 6.85. The van der Waals surface area contributed by atoms with Crippen LogP contribution < -0.4 is 5.32 Å². The Kier molecular flexibility index (Phi) is 6.52. The van der Waals surface area contributed by atoms with Gasteiger partial charge >= 0.3 is 5.97 Å². The van der Waals surface area contributed by atoms with Gasteiger partial charge in [0.25, 0.3) is 0 Å². The Morgan fingerprint density at radius 1 is 1.33 bits per heavy atom. The third-order valence-electron chi connectivity index (χ3n) is 4.03. The fourth-order valence-corrected chi connectivity index (χ4v) is 3.88. The van der Waals surface area contributed by atoms with Crippen molar-refractivity contribution in [3.63, 3.8) is 0 Å². The molecular weight excluding hydrogens is 405 g/mol. The number of halogens is 2. The maximum absolute atomic E-state index is 12.8. The molecule has 1 aromatic heterocycles. The van der Waals surface area contributed by atoms with E-state index in [0.717, 1.165) is 17.1 Å². The van der Waals surface area contributed by atoms with E-state index in [1.807, 2.05) is 19.2 Å². The van der Waals surface area contributed by atoms with Crippen LogP contribution in [0.5, 0.6) is 0 Å². The van der Waals surface area contributed by atoms with Gasteiger partial charge < -0.3 is 10.1 Å². The Balaban J connectivity index is 2.11. The van der Waals surface area contributed by atoms with Gasteiger partial charge in [-0.2, -0.15) is 0 Å². The van der Waals surface area contributed by atoms with Gasteiger partial charge in [0.05, 0.1) is 12.2 Å². The average molecular weight is 424 g/mol. The van der Waals surface area contributed by atoms with Crippen LogP contribution in [0.4, 0.5) is 0 Å². The maximum Gasteiger partial charge on any atom is 0.338 e. The lowest BCUT2D eigenvalue weighted by atomic mass is 9.94. The summed E-state index contributed by atoms with van der Waals surface area (Å²) in [6.07, 6.45) is 3.07. The molecule has 5 nitrogen and oxygen atoms in total. The number of benzene rings is 1. The first-order valence-corrected chi connectivity index (χ1v) is 10.3. The highest BCUT2D eigenvalue weighted by Crippen LogP contribution is 2.37. The van der Waals surface area contributed by atoms with Gasteiger partial charge in [-0.15, -0.1) is 11.3 Å². The molecule has 1 aromatic carbocycles. The molecule has 1 unspecified atom stereocenters. The number of thiazole rings is 1. The number of hydrogen-bond donors (Lipinski definition) is 1. The second kappa shape index (κ2) is 8.87. The first-order chi connectivity index (χ1) is 13.0. The van der Waals surface area contributed by atoms with Crippen LogP contribution in [0.1, 0.15) is 43.3 Å². The summed E-state index contributed by atoms with van der Waals surface area (Å²) in [7, 11) is 0. The summed E-state index contributed by atoms with van der Waals surface area (Å²) < 4.78 is 5.42. The Hall–Kier alpha value is -1.89. The Morgan fingerprint density at radius 2 is 2.15 bits per heavy atom. The van der Waals surface area contributed by atoms with Gasteiger partial charge in [-0.05, 0) is 25.0 Å². The van der Waals surface area contributed by atoms with Crippen molar-refractivity contribution < 1.29 is 9.53 Å². The molecule has 2 aromatic rings. The first-order valence-electron chi connectivity index (χ1n) is 8.64. The van der Waals surface area contributed by atoms with Crippen LogP contribution in [-0.4, -0.2) is 23.4 Å². The van der Waals surface area contributed by atoms with Gasteiger partial charge in [0.15, 0.2) is 10.8 Å². The normalized spacial score (nSPS) is 16.7. The zero-order chi connectivity index (χ0) is 19.4. The smallest absolute Gasteiger partial charge is 0.338 e. The molecule has 3 rings (SSSR count). The maximum atomic E-state index is 12.8. The molecular formula is C19H19Cl2N3O2S. The summed E-state index contributed by atoms with van der Waals surface area (Å²) >= 11 is 14.0. The third kappa shape index (κ3) is 4.34. The average Bonchev–Trinajstić information content (AvgIpc) is 3.20. The molecule has 1 atom stereocenters. The predicted molar refractivity (Wildman–Crippen MR) is 110 cm³/mol. The Labute approximate surface area is 172 Å². The number of nitrogens with one attached hydrogen (secondary N) is 1. The number of ether oxygens (including phenoxy) is 1. The molecule has 0 bridgehead atoms. The van der Waals surface area contributed by atoms with Crippen LogP contribution >= 0.6 is 34.5 Å². The van der Waals surface area contributed by atoms with Crippen molar-refractivity contribution >= 4 is 46.3 Å². The fourth-order valence-electron chi connectivity index (χ4n) is 2.78. The zero-order valence-electron chi connectivity index (χ0n) is 15.0. The van der Waals surface area contributed by atoms with Gasteiger partial charge in [0.2, 0.25) is 0 Å². The Bertz CT molecular complexity index is 894. The lowest BCUT2D eigenvalue weighted by Crippen LogP contribution is -2.33. The number of nitrogens with zero attached hydrogens (tertiary/aromatic N) is 2. The lowest BCUT2D eigenvalue weighted by molar-refractivity contribution is -0.139. The SMILES string of the molecule is CCCOC(=O)C1=C(CC)NC(c2nccs2)=NC1c1ccc(Cl)cc1Cl. The Morgan fingerprint density at radius 3 is 2.78 bits per heavy atom. The van der Waals surface area contributed by atoms with E-state index < -0.39 is 6.04 Å². The summed E-state index contributed by atoms with van der Waals surface area (Å²) in [4.78, 5) is 21.9. The number of carbonyl (C=O) groups is 1. The molecule has 142 valence electrons. The number of carbonyl (C=O) groups excluding carboxylic acids is 1. The highest BCUT2D eigenvalue weighted by atomic mass is 35.5. The topological polar surface area (TPSA) is 63.6 Å². The van der Waals surface area contributed by atoms with E-state index in [-0.39, 0.29) is 5.97 Å². The van der Waals surface area contributed by atoms with E-state index in [4.69, 9.17) is 32.9 Å². The molecule has 1 aliphatic heterocycles. The van der Waals surface area contributed by atoms with Crippen molar-refractivity contribution in [2.45, 2.75) is 32.7 Å². The van der Waals surface area contributed by atoms with E-state index in [1.54, 1.807) is 24.4 Å². The van der Waals surface area contributed by atoms with E-state index in [2.05, 4.69) is 10.3 Å². The number of amidine groups is 1. The van der Waals surface area contributed by atoms with E-state index in [9.17, 15) is 4.79 Å². The van der Waals surface area contributed by atoms with Crippen molar-refractivity contribution in [2.75, 3.05) is 6.61 Å². The van der Waals surface area contributed by atoms with Gasteiger partial charge in [-0.25, -0.2) is 9.78 Å². The molecule has 0 saturated carbocycles. The van der Waals surface area contributed by atoms with Crippen LogP contribution in [0.15, 0.2) is 46.0 Å². The summed E-state index contributed by atoms with van der Waals surface area (Å²) in [6.45, 7) is 4.28. The van der Waals surface area contributed by atoms with Crippen LogP contribution in [0.25, 0.3) is 0 Å². The fraction of sp³-hybridized carbons (Fsp3) is 0.316. The predicted octanol–water partition coefficient (Wildman–Crippen LogP) is 5.16. The lowest BCUT2D eigenvalue weighted by Gasteiger charge is -2.27. The van der Waals surface area contributed by atoms with E-state index >= 15 is 0 Å². The van der Waals surface area contributed by atoms with Crippen LogP contribution in [0.3, 0.4) is 0 Å². The van der Waals surface area contributed by atoms with Crippen LogP contribution in [0.2, 0.25) is 10.0 Å². The monoisotopic (exact) mass is 423 g/mol. The molecule has 2 heterocycles. The molecule has 1 N–H and O–H groups in total. The van der Waals surface area contributed by atoms with Gasteiger partial charge in [-0.1, -0.05) is 43.1 Å². The summed E-state index contributed by atoms with van der Waals surface area (Å²) in [5.41, 5.74) is 1.92. The van der Waals surface area contributed by atoms with E-state index in [1.165, 1.54) is 11.3 Å². The van der Waals surface area contributed by atoms with Crippen molar-refractivity contribution in [1.29, 1.82) is 0 Å². The van der Waals surface area contributed by atoms with Gasteiger partial charge in [-0.3, -0.25) is 4.99 Å². The molecule has 27 heavy (non-hydrogen) atoms. The van der Waals surface area contributed by atoms with Gasteiger partial charge in [0, 0.05) is 32.9 Å². The number of allylic oxidation sites excluding steroid dienone is 1. The minimum absolute atomic E-state index is 0.351. The molecule has 0 aliphatic carbocycles. The number of rotatable bonds is 6. The summed E-state index contributed by atoms with van der Waals surface area (Å²) in [5.74, 6) is 0.226. The van der Waals surface area contributed by atoms with Gasteiger partial charge in [0.1, 0.15) is 6.04 Å². The third-order valence-corrected chi connectivity index (χ3v) is 5.37. The number of aromatic nitrogens is 1. The minimum atomic E-state index is -0.589. The van der Waals surface area contributed by atoms with E-state index in [0.29, 0.717) is 40.0 Å². The number of hydrogen-bond acceptors (Lipinski definition) is 6. The molecule has 1 aliphatic rings. The van der Waals surface area contributed by atoms with Crippen molar-refractivity contribution in [2.24, 2.45) is 4.99 Å². The standard InChI is InChI=1S/C19H19Cl2N3O2S/c1-3-8-26-19(25)15-14(4-2)23-17(18-22-7-9-27-18)24-16(15)12-6-5-11(20)10-13(12)21/h5-7,9-10,16H,3-4,8H2,1-2H3,(H,23,24). The highest BCUT2D eigenvalue weighted by Gasteiger charge is 2.33. The first kappa shape index (κ1) is 19.9. The molecule has 0 radical (unpaired) electrons. The quantitative estimate of drug-likeness (QED) is 0.651. The minimum Gasteiger partial charge on any atom is -0.462 e. The molecule has 0 fully saturated rings. The molecule has 0 saturated heterocycles. The second-order valence-corrected chi connectivity index (χ2v) is 7.63. The van der Waals surface area contributed by atoms with Crippen molar-refractivity contribution in [3.8, 4) is 0 Å². The van der Waals surface area contributed by atoms with Crippen molar-refractivity contribution in [3.05, 3.63) is 61.7 Å². The van der Waals surface area contributed by atoms with Crippen molar-refractivity contribution in [1.82, 2.24) is 10.3 Å². The second-order valence-electron chi connectivity index (χ2n) is 5.89. The van der Waals surface area contributed by atoms with Crippen LogP contribution in [0, 0.1) is 0 Å². The number of aliphatic imine (C=N–C) groups is 1. The van der Waals surface area contributed by atoms with Crippen LogP contribution in [-0.2, 0) is 9.53 Å². The number of esters is 1. The zero-order valence-corrected chi connectivity index (χ0v) is 17.3. The largest absolute Gasteiger partial charge is 0.462 e. The molecule has 0 spiro atoms. The summed E-state index contributed by atoms with van der Waals surface area (Å²) in [6, 6.07) is 4.60.